The average molecular weight is 202 g/mol. The molecular formula is C10H9F3O. The van der Waals surface area contributed by atoms with Crippen LogP contribution in [-0.2, 0) is 0 Å². The summed E-state index contributed by atoms with van der Waals surface area (Å²) >= 11 is 0. The number of allylic oxidation sites excluding steroid dienone is 1. The third-order valence-corrected chi connectivity index (χ3v) is 1.49. The summed E-state index contributed by atoms with van der Waals surface area (Å²) in [5.41, 5.74) is 0.410. The molecule has 14 heavy (non-hydrogen) atoms. The van der Waals surface area contributed by atoms with Gasteiger partial charge < -0.3 is 4.74 Å². The van der Waals surface area contributed by atoms with Crippen molar-refractivity contribution in [2.75, 3.05) is 0 Å². The Hall–Kier alpha value is -1.45. The molecule has 0 bridgehead atoms. The molecule has 0 radical (unpaired) electrons. The second-order valence-corrected chi connectivity index (χ2v) is 2.59. The van der Waals surface area contributed by atoms with E-state index in [2.05, 4.69) is 4.74 Å². The van der Waals surface area contributed by atoms with Gasteiger partial charge in [-0.2, -0.15) is 0 Å². The molecule has 0 heterocycles. The predicted molar refractivity (Wildman–Crippen MR) is 47.8 cm³/mol. The molecule has 4 heteroatoms. The van der Waals surface area contributed by atoms with Crippen LogP contribution in [0.2, 0.25) is 0 Å². The predicted octanol–water partition coefficient (Wildman–Crippen LogP) is 3.62. The Labute approximate surface area is 79.8 Å². The quantitative estimate of drug-likeness (QED) is 0.711. The zero-order valence-corrected chi connectivity index (χ0v) is 7.51. The van der Waals surface area contributed by atoms with Crippen molar-refractivity contribution in [2.45, 2.75) is 13.3 Å². The van der Waals surface area contributed by atoms with Gasteiger partial charge in [0.05, 0.1) is 0 Å². The number of benzene rings is 1. The Kier molecular flexibility index (Phi) is 3.17. The van der Waals surface area contributed by atoms with Crippen molar-refractivity contribution in [2.24, 2.45) is 0 Å². The highest BCUT2D eigenvalue weighted by Gasteiger charge is 2.31. The molecule has 0 aliphatic rings. The summed E-state index contributed by atoms with van der Waals surface area (Å²) in [7, 11) is 0. The fourth-order valence-electron chi connectivity index (χ4n) is 1.02. The number of alkyl halides is 3. The van der Waals surface area contributed by atoms with Gasteiger partial charge in [-0.3, -0.25) is 0 Å². The Morgan fingerprint density at radius 3 is 2.43 bits per heavy atom. The van der Waals surface area contributed by atoms with Crippen LogP contribution in [0, 0.1) is 0 Å². The lowest BCUT2D eigenvalue weighted by Crippen LogP contribution is -2.17. The largest absolute Gasteiger partial charge is 0.573 e. The molecular weight excluding hydrogens is 193 g/mol. The lowest BCUT2D eigenvalue weighted by molar-refractivity contribution is -0.274. The standard InChI is InChI=1S/C10H9F3O/c1-2-5-8-6-3-4-7-9(8)14-10(11,12)13/h2-7H,1H3/b5-2+. The Balaban J connectivity index is 2.96. The minimum atomic E-state index is -4.64. The van der Waals surface area contributed by atoms with Crippen LogP contribution in [0.25, 0.3) is 6.08 Å². The summed E-state index contributed by atoms with van der Waals surface area (Å²) in [6.07, 6.45) is -1.43. The van der Waals surface area contributed by atoms with E-state index < -0.39 is 6.36 Å². The number of para-hydroxylation sites is 1. The molecule has 0 amide bonds. The highest BCUT2D eigenvalue weighted by molar-refractivity contribution is 5.56. The zero-order valence-electron chi connectivity index (χ0n) is 7.51. The first-order chi connectivity index (χ1) is 6.53. The Morgan fingerprint density at radius 1 is 1.21 bits per heavy atom. The normalized spacial score (nSPS) is 12.0. The van der Waals surface area contributed by atoms with Crippen molar-refractivity contribution in [1.29, 1.82) is 0 Å². The zero-order chi connectivity index (χ0) is 10.6. The molecule has 0 atom stereocenters. The lowest BCUT2D eigenvalue weighted by Gasteiger charge is -2.10. The maximum atomic E-state index is 11.9. The van der Waals surface area contributed by atoms with Gasteiger partial charge in [0.1, 0.15) is 5.75 Å². The van der Waals surface area contributed by atoms with E-state index >= 15 is 0 Å². The van der Waals surface area contributed by atoms with Gasteiger partial charge in [-0.1, -0.05) is 30.4 Å². The smallest absolute Gasteiger partial charge is 0.405 e. The van der Waals surface area contributed by atoms with Gasteiger partial charge in [-0.25, -0.2) is 0 Å². The highest BCUT2D eigenvalue weighted by atomic mass is 19.4. The third-order valence-electron chi connectivity index (χ3n) is 1.49. The molecule has 1 aromatic rings. The molecule has 0 aliphatic carbocycles. The summed E-state index contributed by atoms with van der Waals surface area (Å²) in [5, 5.41) is 0. The van der Waals surface area contributed by atoms with Gasteiger partial charge in [-0.05, 0) is 13.0 Å². The van der Waals surface area contributed by atoms with Gasteiger partial charge in [0, 0.05) is 5.56 Å². The van der Waals surface area contributed by atoms with E-state index in [9.17, 15) is 13.2 Å². The molecule has 0 fully saturated rings. The van der Waals surface area contributed by atoms with Crippen LogP contribution in [0.1, 0.15) is 12.5 Å². The van der Waals surface area contributed by atoms with E-state index in [0.29, 0.717) is 5.56 Å². The fourth-order valence-corrected chi connectivity index (χ4v) is 1.02. The molecule has 0 saturated heterocycles. The van der Waals surface area contributed by atoms with Crippen molar-refractivity contribution >= 4 is 6.08 Å². The van der Waals surface area contributed by atoms with Crippen molar-refractivity contribution < 1.29 is 17.9 Å². The van der Waals surface area contributed by atoms with Gasteiger partial charge in [0.2, 0.25) is 0 Å². The monoisotopic (exact) mass is 202 g/mol. The minimum Gasteiger partial charge on any atom is -0.405 e. The van der Waals surface area contributed by atoms with Crippen molar-refractivity contribution in [3.63, 3.8) is 0 Å². The first-order valence-corrected chi connectivity index (χ1v) is 4.00. The van der Waals surface area contributed by atoms with Crippen LogP contribution in [0.4, 0.5) is 13.2 Å². The summed E-state index contributed by atoms with van der Waals surface area (Å²) in [6.45, 7) is 1.73. The molecule has 0 aromatic heterocycles. The van der Waals surface area contributed by atoms with E-state index in [1.807, 2.05) is 0 Å². The van der Waals surface area contributed by atoms with E-state index in [0.717, 1.165) is 0 Å². The van der Waals surface area contributed by atoms with Crippen LogP contribution in [-0.4, -0.2) is 6.36 Å². The topological polar surface area (TPSA) is 9.23 Å². The minimum absolute atomic E-state index is 0.182. The molecule has 0 N–H and O–H groups in total. The number of ether oxygens (including phenoxy) is 1. The average Bonchev–Trinajstić information content (AvgIpc) is 2.06. The summed E-state index contributed by atoms with van der Waals surface area (Å²) in [5.74, 6) is -0.182. The summed E-state index contributed by atoms with van der Waals surface area (Å²) in [6, 6.07) is 5.98. The molecule has 0 spiro atoms. The molecule has 1 aromatic carbocycles. The molecule has 1 rings (SSSR count). The fraction of sp³-hybridized carbons (Fsp3) is 0.200. The highest BCUT2D eigenvalue weighted by Crippen LogP contribution is 2.26. The van der Waals surface area contributed by atoms with Crippen LogP contribution in [0.15, 0.2) is 30.3 Å². The van der Waals surface area contributed by atoms with E-state index in [4.69, 9.17) is 0 Å². The number of hydrogen-bond donors (Lipinski definition) is 0. The Bertz CT molecular complexity index is 328. The SMILES string of the molecule is C/C=C/c1ccccc1OC(F)(F)F. The van der Waals surface area contributed by atoms with Crippen LogP contribution < -0.4 is 4.74 Å². The molecule has 1 nitrogen and oxygen atoms in total. The Morgan fingerprint density at radius 2 is 1.86 bits per heavy atom. The van der Waals surface area contributed by atoms with Crippen molar-refractivity contribution in [3.8, 4) is 5.75 Å². The van der Waals surface area contributed by atoms with Gasteiger partial charge >= 0.3 is 6.36 Å². The number of halogens is 3. The first kappa shape index (κ1) is 10.6. The van der Waals surface area contributed by atoms with Crippen molar-refractivity contribution in [3.05, 3.63) is 35.9 Å². The van der Waals surface area contributed by atoms with E-state index in [1.165, 1.54) is 12.1 Å². The van der Waals surface area contributed by atoms with Crippen molar-refractivity contribution in [1.82, 2.24) is 0 Å². The maximum absolute atomic E-state index is 11.9. The van der Waals surface area contributed by atoms with Crippen LogP contribution in [0.3, 0.4) is 0 Å². The van der Waals surface area contributed by atoms with Crippen LogP contribution >= 0.6 is 0 Å². The van der Waals surface area contributed by atoms with Gasteiger partial charge in [-0.15, -0.1) is 13.2 Å². The third kappa shape index (κ3) is 3.12. The maximum Gasteiger partial charge on any atom is 0.573 e. The number of rotatable bonds is 2. The van der Waals surface area contributed by atoms with Gasteiger partial charge in [0.15, 0.2) is 0 Å². The summed E-state index contributed by atoms with van der Waals surface area (Å²) < 4.78 is 39.6. The molecule has 76 valence electrons. The molecule has 0 saturated carbocycles. The first-order valence-electron chi connectivity index (χ1n) is 4.00. The summed E-state index contributed by atoms with van der Waals surface area (Å²) in [4.78, 5) is 0. The van der Waals surface area contributed by atoms with E-state index in [-0.39, 0.29) is 5.75 Å². The lowest BCUT2D eigenvalue weighted by atomic mass is 10.2. The molecule has 0 unspecified atom stereocenters. The van der Waals surface area contributed by atoms with E-state index in [1.54, 1.807) is 31.2 Å². The molecule has 0 aliphatic heterocycles. The number of hydrogen-bond acceptors (Lipinski definition) is 1. The van der Waals surface area contributed by atoms with Crippen LogP contribution in [0.5, 0.6) is 5.75 Å². The second-order valence-electron chi connectivity index (χ2n) is 2.59. The second kappa shape index (κ2) is 4.17. The van der Waals surface area contributed by atoms with Gasteiger partial charge in [0.25, 0.3) is 0 Å².